The number of para-hydroxylation sites is 3. The number of nitrogens with zero attached hydrogens (tertiary/aromatic N) is 4. The molecule has 0 aliphatic heterocycles. The number of hydrogen-bond donors (Lipinski definition) is 0. The average molecular weight is 284 g/mol. The van der Waals surface area contributed by atoms with E-state index in [0.717, 1.165) is 33.7 Å². The highest BCUT2D eigenvalue weighted by molar-refractivity contribution is 5.90. The largest absolute Gasteiger partial charge is 0.278 e. The van der Waals surface area contributed by atoms with Crippen LogP contribution in [0.5, 0.6) is 0 Å². The summed E-state index contributed by atoms with van der Waals surface area (Å²) in [6, 6.07) is 22.5. The first-order valence-electron chi connectivity index (χ1n) is 7.21. The van der Waals surface area contributed by atoms with Gasteiger partial charge in [-0.25, -0.2) is 9.97 Å². The van der Waals surface area contributed by atoms with Crippen molar-refractivity contribution in [1.82, 2.24) is 18.9 Å². The van der Waals surface area contributed by atoms with Crippen LogP contribution in [-0.4, -0.2) is 18.9 Å². The summed E-state index contributed by atoms with van der Waals surface area (Å²) in [7, 11) is 0. The van der Waals surface area contributed by atoms with E-state index in [4.69, 9.17) is 4.98 Å². The van der Waals surface area contributed by atoms with E-state index in [1.54, 1.807) is 0 Å². The Kier molecular flexibility index (Phi) is 2.19. The first kappa shape index (κ1) is 11.5. The van der Waals surface area contributed by atoms with Gasteiger partial charge in [0.25, 0.3) is 0 Å². The first-order chi connectivity index (χ1) is 10.9. The van der Waals surface area contributed by atoms with E-state index in [1.165, 1.54) is 0 Å². The number of benzene rings is 2. The molecule has 4 heteroatoms. The van der Waals surface area contributed by atoms with Crippen molar-refractivity contribution in [2.45, 2.75) is 0 Å². The minimum absolute atomic E-state index is 0.890. The van der Waals surface area contributed by atoms with E-state index in [9.17, 15) is 0 Å². The third-order valence-electron chi connectivity index (χ3n) is 3.98. The summed E-state index contributed by atoms with van der Waals surface area (Å²) in [6.07, 6.45) is 1.81. The third-order valence-corrected chi connectivity index (χ3v) is 3.98. The normalized spacial score (nSPS) is 11.6. The molecule has 0 bridgehead atoms. The fourth-order valence-electron chi connectivity index (χ4n) is 3.05. The van der Waals surface area contributed by atoms with Crippen molar-refractivity contribution in [3.63, 3.8) is 0 Å². The lowest BCUT2D eigenvalue weighted by Gasteiger charge is -2.04. The van der Waals surface area contributed by atoms with Gasteiger partial charge in [0, 0.05) is 11.9 Å². The Hall–Kier alpha value is -3.14. The number of hydrogen-bond acceptors (Lipinski definition) is 2. The summed E-state index contributed by atoms with van der Waals surface area (Å²) in [6.45, 7) is 0. The zero-order chi connectivity index (χ0) is 14.5. The van der Waals surface area contributed by atoms with Gasteiger partial charge in [-0.3, -0.25) is 8.97 Å². The molecule has 2 aromatic carbocycles. The van der Waals surface area contributed by atoms with Crippen molar-refractivity contribution in [2.75, 3.05) is 0 Å². The summed E-state index contributed by atoms with van der Waals surface area (Å²) in [5.41, 5.74) is 5.15. The predicted molar refractivity (Wildman–Crippen MR) is 87.3 cm³/mol. The van der Waals surface area contributed by atoms with E-state index >= 15 is 0 Å². The fraction of sp³-hybridized carbons (Fsp3) is 0. The maximum Gasteiger partial charge on any atom is 0.221 e. The number of fused-ring (bicyclic) bond motifs is 5. The van der Waals surface area contributed by atoms with Crippen molar-refractivity contribution in [2.24, 2.45) is 0 Å². The van der Waals surface area contributed by atoms with Gasteiger partial charge in [-0.15, -0.1) is 0 Å². The van der Waals surface area contributed by atoms with Crippen LogP contribution in [0.4, 0.5) is 0 Å². The number of rotatable bonds is 1. The smallest absolute Gasteiger partial charge is 0.221 e. The molecule has 0 radical (unpaired) electrons. The Bertz CT molecular complexity index is 1120. The lowest BCUT2D eigenvalue weighted by molar-refractivity contribution is 1.10. The molecule has 22 heavy (non-hydrogen) atoms. The topological polar surface area (TPSA) is 35.1 Å². The Balaban J connectivity index is 2.07. The molecule has 0 saturated carbocycles. The van der Waals surface area contributed by atoms with Gasteiger partial charge in [0.15, 0.2) is 5.65 Å². The number of imidazole rings is 2. The molecule has 0 aliphatic rings. The molecule has 3 aromatic heterocycles. The Morgan fingerprint density at radius 3 is 2.36 bits per heavy atom. The Labute approximate surface area is 126 Å². The second-order valence-electron chi connectivity index (χ2n) is 5.25. The monoisotopic (exact) mass is 284 g/mol. The fourth-order valence-corrected chi connectivity index (χ4v) is 3.05. The van der Waals surface area contributed by atoms with E-state index in [2.05, 4.69) is 44.3 Å². The lowest BCUT2D eigenvalue weighted by atomic mass is 10.3. The zero-order valence-corrected chi connectivity index (χ0v) is 11.7. The van der Waals surface area contributed by atoms with Gasteiger partial charge < -0.3 is 0 Å². The quantitative estimate of drug-likeness (QED) is 0.469. The molecule has 0 spiro atoms. The van der Waals surface area contributed by atoms with Crippen molar-refractivity contribution >= 4 is 28.0 Å². The molecule has 0 saturated heterocycles. The molecule has 0 aliphatic carbocycles. The van der Waals surface area contributed by atoms with Crippen molar-refractivity contribution in [3.8, 4) is 5.69 Å². The average Bonchev–Trinajstić information content (AvgIpc) is 3.10. The van der Waals surface area contributed by atoms with E-state index in [0.29, 0.717) is 0 Å². The Morgan fingerprint density at radius 1 is 0.727 bits per heavy atom. The van der Waals surface area contributed by atoms with Crippen LogP contribution in [0.1, 0.15) is 0 Å². The molecule has 5 rings (SSSR count). The van der Waals surface area contributed by atoms with Crippen LogP contribution < -0.4 is 0 Å². The molecule has 0 fully saturated rings. The lowest BCUT2D eigenvalue weighted by Crippen LogP contribution is -1.94. The van der Waals surface area contributed by atoms with Gasteiger partial charge in [-0.05, 0) is 36.4 Å². The standard InChI is InChI=1S/C18H12N4/c1-2-7-13(8-3-1)21-15-10-4-5-11-16(15)22-17-14(20-18(21)22)9-6-12-19-17/h1-12H. The summed E-state index contributed by atoms with van der Waals surface area (Å²) in [5.74, 6) is 0.890. The van der Waals surface area contributed by atoms with Gasteiger partial charge >= 0.3 is 0 Å². The molecule has 0 amide bonds. The highest BCUT2D eigenvalue weighted by Crippen LogP contribution is 2.27. The van der Waals surface area contributed by atoms with Gasteiger partial charge in [-0.1, -0.05) is 30.3 Å². The molecule has 0 unspecified atom stereocenters. The van der Waals surface area contributed by atoms with E-state index in [-0.39, 0.29) is 0 Å². The van der Waals surface area contributed by atoms with E-state index < -0.39 is 0 Å². The summed E-state index contributed by atoms with van der Waals surface area (Å²) >= 11 is 0. The molecular weight excluding hydrogens is 272 g/mol. The van der Waals surface area contributed by atoms with Crippen LogP contribution in [0.3, 0.4) is 0 Å². The second kappa shape index (κ2) is 4.18. The molecule has 0 atom stereocenters. The van der Waals surface area contributed by atoms with Gasteiger partial charge in [-0.2, -0.15) is 0 Å². The molecular formula is C18H12N4. The van der Waals surface area contributed by atoms with Crippen LogP contribution in [0, 0.1) is 0 Å². The molecule has 3 heterocycles. The van der Waals surface area contributed by atoms with Crippen LogP contribution in [-0.2, 0) is 0 Å². The second-order valence-corrected chi connectivity index (χ2v) is 5.25. The van der Waals surface area contributed by atoms with Crippen LogP contribution in [0.25, 0.3) is 33.7 Å². The molecule has 104 valence electrons. The highest BCUT2D eigenvalue weighted by atomic mass is 15.2. The van der Waals surface area contributed by atoms with Crippen LogP contribution >= 0.6 is 0 Å². The van der Waals surface area contributed by atoms with Crippen LogP contribution in [0.2, 0.25) is 0 Å². The Morgan fingerprint density at radius 2 is 1.50 bits per heavy atom. The minimum atomic E-state index is 0.890. The van der Waals surface area contributed by atoms with Crippen LogP contribution in [0.15, 0.2) is 72.9 Å². The summed E-state index contributed by atoms with van der Waals surface area (Å²) < 4.78 is 4.30. The highest BCUT2D eigenvalue weighted by Gasteiger charge is 2.16. The molecule has 4 nitrogen and oxygen atoms in total. The number of pyridine rings is 1. The summed E-state index contributed by atoms with van der Waals surface area (Å²) in [5, 5.41) is 0. The zero-order valence-electron chi connectivity index (χ0n) is 11.7. The van der Waals surface area contributed by atoms with Crippen molar-refractivity contribution in [1.29, 1.82) is 0 Å². The first-order valence-corrected chi connectivity index (χ1v) is 7.21. The van der Waals surface area contributed by atoms with Gasteiger partial charge in [0.1, 0.15) is 5.52 Å². The van der Waals surface area contributed by atoms with E-state index in [1.807, 2.05) is 42.6 Å². The number of aromatic nitrogens is 4. The molecule has 0 N–H and O–H groups in total. The summed E-state index contributed by atoms with van der Waals surface area (Å²) in [4.78, 5) is 9.31. The third kappa shape index (κ3) is 1.41. The van der Waals surface area contributed by atoms with Gasteiger partial charge in [0.2, 0.25) is 5.78 Å². The SMILES string of the molecule is c1ccc(-n2c3ccccc3n3c4ncccc4nc23)cc1. The van der Waals surface area contributed by atoms with Gasteiger partial charge in [0.05, 0.1) is 11.0 Å². The molecule has 5 aromatic rings. The maximum absolute atomic E-state index is 4.79. The van der Waals surface area contributed by atoms with Crippen molar-refractivity contribution in [3.05, 3.63) is 72.9 Å². The van der Waals surface area contributed by atoms with Crippen molar-refractivity contribution < 1.29 is 0 Å². The predicted octanol–water partition coefficient (Wildman–Crippen LogP) is 3.83. The minimum Gasteiger partial charge on any atom is -0.278 e. The maximum atomic E-state index is 4.79.